The average Bonchev–Trinajstić information content (AvgIpc) is 2.33. The maximum atomic E-state index is 13.5. The molecule has 0 radical (unpaired) electrons. The van der Waals surface area contributed by atoms with Crippen LogP contribution in [0.2, 0.25) is 0 Å². The van der Waals surface area contributed by atoms with Crippen LogP contribution in [0.5, 0.6) is 0 Å². The molecule has 0 fully saturated rings. The van der Waals surface area contributed by atoms with Crippen molar-refractivity contribution in [1.82, 2.24) is 0 Å². The van der Waals surface area contributed by atoms with Gasteiger partial charge >= 0.3 is 5.97 Å². The van der Waals surface area contributed by atoms with Crippen LogP contribution in [0.4, 0.5) is 4.39 Å². The Morgan fingerprint density at radius 2 is 2.22 bits per heavy atom. The van der Waals surface area contributed by atoms with Crippen LogP contribution in [0.1, 0.15) is 18.9 Å². The molecule has 0 bridgehead atoms. The molecule has 0 aliphatic heterocycles. The molecule has 100 valence electrons. The Morgan fingerprint density at radius 3 is 2.83 bits per heavy atom. The maximum absolute atomic E-state index is 13.5. The highest BCUT2D eigenvalue weighted by Crippen LogP contribution is 2.18. The van der Waals surface area contributed by atoms with E-state index < -0.39 is 22.6 Å². The Bertz CT molecular complexity index is 465. The van der Waals surface area contributed by atoms with E-state index in [-0.39, 0.29) is 17.4 Å². The predicted molar refractivity (Wildman–Crippen MR) is 72.0 cm³/mol. The minimum absolute atomic E-state index is 0.0682. The third-order valence-corrected chi connectivity index (χ3v) is 4.59. The summed E-state index contributed by atoms with van der Waals surface area (Å²) in [5.74, 6) is -0.717. The number of benzene rings is 1. The van der Waals surface area contributed by atoms with Crippen molar-refractivity contribution in [1.29, 1.82) is 0 Å². The predicted octanol–water partition coefficient (Wildman–Crippen LogP) is 2.79. The van der Waals surface area contributed by atoms with Gasteiger partial charge in [0.05, 0.1) is 19.3 Å². The van der Waals surface area contributed by atoms with Crippen LogP contribution in [0, 0.1) is 5.82 Å². The monoisotopic (exact) mass is 336 g/mol. The summed E-state index contributed by atoms with van der Waals surface area (Å²) in [5.41, 5.74) is 0.374. The van der Waals surface area contributed by atoms with E-state index in [0.717, 1.165) is 4.47 Å². The van der Waals surface area contributed by atoms with Gasteiger partial charge in [0.25, 0.3) is 0 Å². The highest BCUT2D eigenvalue weighted by Gasteiger charge is 2.17. The van der Waals surface area contributed by atoms with Crippen molar-refractivity contribution in [3.8, 4) is 0 Å². The fraction of sp³-hybridized carbons (Fsp3) is 0.417. The van der Waals surface area contributed by atoms with Gasteiger partial charge in [0.1, 0.15) is 5.82 Å². The molecule has 0 aliphatic carbocycles. The standard InChI is InChI=1S/C12H14BrFO3S/c1-8(5-12(15)17-2)18(16)7-9-6-10(13)3-4-11(9)14/h3-4,6,8H,5,7H2,1-2H3. The number of ether oxygens (including phenoxy) is 1. The maximum Gasteiger partial charge on any atom is 0.306 e. The van der Waals surface area contributed by atoms with Crippen LogP contribution in [-0.2, 0) is 26.1 Å². The topological polar surface area (TPSA) is 43.4 Å². The first kappa shape index (κ1) is 15.3. The van der Waals surface area contributed by atoms with Gasteiger partial charge in [-0.15, -0.1) is 0 Å². The van der Waals surface area contributed by atoms with Crippen LogP contribution < -0.4 is 0 Å². The van der Waals surface area contributed by atoms with E-state index in [4.69, 9.17) is 0 Å². The number of hydrogen-bond donors (Lipinski definition) is 0. The summed E-state index contributed by atoms with van der Waals surface area (Å²) < 4.78 is 30.7. The number of esters is 1. The zero-order chi connectivity index (χ0) is 13.7. The smallest absolute Gasteiger partial charge is 0.306 e. The summed E-state index contributed by atoms with van der Waals surface area (Å²) >= 11 is 3.24. The second-order valence-electron chi connectivity index (χ2n) is 3.85. The van der Waals surface area contributed by atoms with Crippen molar-refractivity contribution in [2.75, 3.05) is 7.11 Å². The minimum Gasteiger partial charge on any atom is -0.469 e. The van der Waals surface area contributed by atoms with Gasteiger partial charge < -0.3 is 4.74 Å². The SMILES string of the molecule is COC(=O)CC(C)S(=O)Cc1cc(Br)ccc1F. The minimum atomic E-state index is -1.32. The first-order chi connectivity index (χ1) is 8.43. The van der Waals surface area contributed by atoms with E-state index in [1.165, 1.54) is 13.2 Å². The lowest BCUT2D eigenvalue weighted by molar-refractivity contribution is -0.140. The summed E-state index contributed by atoms with van der Waals surface area (Å²) in [4.78, 5) is 11.1. The van der Waals surface area contributed by atoms with Crippen molar-refractivity contribution in [2.45, 2.75) is 24.3 Å². The molecule has 6 heteroatoms. The van der Waals surface area contributed by atoms with Gasteiger partial charge in [0.15, 0.2) is 0 Å². The molecule has 0 aromatic heterocycles. The molecule has 0 saturated heterocycles. The molecule has 2 unspecified atom stereocenters. The number of carbonyl (C=O) groups excluding carboxylic acids is 1. The fourth-order valence-corrected chi connectivity index (χ4v) is 2.90. The molecule has 1 aromatic carbocycles. The Morgan fingerprint density at radius 1 is 1.56 bits per heavy atom. The van der Waals surface area contributed by atoms with E-state index >= 15 is 0 Å². The third kappa shape index (κ3) is 4.49. The molecular formula is C12H14BrFO3S. The molecule has 0 saturated carbocycles. The van der Waals surface area contributed by atoms with Crippen LogP contribution in [0.25, 0.3) is 0 Å². The van der Waals surface area contributed by atoms with Crippen LogP contribution in [-0.4, -0.2) is 22.5 Å². The van der Waals surface area contributed by atoms with Gasteiger partial charge in [-0.05, 0) is 18.2 Å². The molecule has 0 heterocycles. The fourth-order valence-electron chi connectivity index (χ4n) is 1.36. The number of methoxy groups -OCH3 is 1. The summed E-state index contributed by atoms with van der Waals surface area (Å²) in [6, 6.07) is 4.50. The summed E-state index contributed by atoms with van der Waals surface area (Å²) in [7, 11) is -0.0345. The number of halogens is 2. The Balaban J connectivity index is 2.69. The van der Waals surface area contributed by atoms with Gasteiger partial charge in [0.2, 0.25) is 0 Å². The summed E-state index contributed by atoms with van der Waals surface area (Å²) in [5, 5.41) is -0.365. The lowest BCUT2D eigenvalue weighted by atomic mass is 10.2. The number of rotatable bonds is 5. The lowest BCUT2D eigenvalue weighted by Gasteiger charge is -2.10. The molecule has 1 rings (SSSR count). The third-order valence-electron chi connectivity index (χ3n) is 2.44. The highest BCUT2D eigenvalue weighted by atomic mass is 79.9. The highest BCUT2D eigenvalue weighted by molar-refractivity contribution is 9.10. The van der Waals surface area contributed by atoms with Gasteiger partial charge in [-0.1, -0.05) is 22.9 Å². The second-order valence-corrected chi connectivity index (χ2v) is 6.62. The number of carbonyl (C=O) groups is 1. The summed E-state index contributed by atoms with van der Waals surface area (Å²) in [6.45, 7) is 1.68. The molecular weight excluding hydrogens is 323 g/mol. The van der Waals surface area contributed by atoms with E-state index in [2.05, 4.69) is 20.7 Å². The molecule has 1 aromatic rings. The molecule has 3 nitrogen and oxygen atoms in total. The van der Waals surface area contributed by atoms with Gasteiger partial charge in [-0.2, -0.15) is 0 Å². The van der Waals surface area contributed by atoms with Crippen molar-refractivity contribution in [3.63, 3.8) is 0 Å². The molecule has 0 N–H and O–H groups in total. The van der Waals surface area contributed by atoms with Crippen molar-refractivity contribution < 1.29 is 18.1 Å². The van der Waals surface area contributed by atoms with Crippen molar-refractivity contribution in [3.05, 3.63) is 34.1 Å². The van der Waals surface area contributed by atoms with Gasteiger partial charge in [0, 0.05) is 26.1 Å². The summed E-state index contributed by atoms with van der Waals surface area (Å²) in [6.07, 6.45) is 0.0682. The normalized spacial score (nSPS) is 14.0. The van der Waals surface area contributed by atoms with E-state index in [1.54, 1.807) is 19.1 Å². The van der Waals surface area contributed by atoms with E-state index in [0.29, 0.717) is 5.56 Å². The van der Waals surface area contributed by atoms with Gasteiger partial charge in [-0.3, -0.25) is 9.00 Å². The van der Waals surface area contributed by atoms with Crippen LogP contribution in [0.3, 0.4) is 0 Å². The first-order valence-corrected chi connectivity index (χ1v) is 7.49. The first-order valence-electron chi connectivity index (χ1n) is 5.32. The molecule has 0 aliphatic rings. The van der Waals surface area contributed by atoms with Crippen LogP contribution >= 0.6 is 15.9 Å². The van der Waals surface area contributed by atoms with Crippen LogP contribution in [0.15, 0.2) is 22.7 Å². The zero-order valence-corrected chi connectivity index (χ0v) is 12.5. The lowest BCUT2D eigenvalue weighted by Crippen LogP contribution is -2.18. The second kappa shape index (κ2) is 6.99. The van der Waals surface area contributed by atoms with Gasteiger partial charge in [-0.25, -0.2) is 4.39 Å². The molecule has 0 spiro atoms. The van der Waals surface area contributed by atoms with Crippen molar-refractivity contribution >= 4 is 32.7 Å². The van der Waals surface area contributed by atoms with E-state index in [1.807, 2.05) is 0 Å². The Hall–Kier alpha value is -0.750. The van der Waals surface area contributed by atoms with E-state index in [9.17, 15) is 13.4 Å². The molecule has 2 atom stereocenters. The molecule has 0 amide bonds. The number of hydrogen-bond acceptors (Lipinski definition) is 3. The Labute approximate surface area is 116 Å². The zero-order valence-electron chi connectivity index (χ0n) is 10.1. The largest absolute Gasteiger partial charge is 0.469 e. The van der Waals surface area contributed by atoms with Crippen molar-refractivity contribution in [2.24, 2.45) is 0 Å². The quantitative estimate of drug-likeness (QED) is 0.776. The molecule has 18 heavy (non-hydrogen) atoms. The Kier molecular flexibility index (Phi) is 5.95. The average molecular weight is 337 g/mol.